The summed E-state index contributed by atoms with van der Waals surface area (Å²) in [5.41, 5.74) is 0.748. The lowest BCUT2D eigenvalue weighted by molar-refractivity contribution is -0.133. The molecule has 0 amide bonds. The van der Waals surface area contributed by atoms with Gasteiger partial charge in [0, 0.05) is 11.8 Å². The van der Waals surface area contributed by atoms with E-state index in [0.717, 1.165) is 31.3 Å². The highest BCUT2D eigenvalue weighted by molar-refractivity contribution is 5.85. The predicted molar refractivity (Wildman–Crippen MR) is 63.3 cm³/mol. The fraction of sp³-hybridized carbons (Fsp3) is 0.643. The molecule has 0 aromatic carbocycles. The van der Waals surface area contributed by atoms with Crippen molar-refractivity contribution in [3.8, 4) is 12.3 Å². The molecule has 1 rings (SSSR count). The third-order valence-electron chi connectivity index (χ3n) is 3.83. The monoisotopic (exact) mass is 204 g/mol. The second kappa shape index (κ2) is 4.66. The molecule has 0 saturated heterocycles. The van der Waals surface area contributed by atoms with Crippen LogP contribution < -0.4 is 0 Å². The Hall–Kier alpha value is -1.03. The van der Waals surface area contributed by atoms with Crippen LogP contribution in [-0.2, 0) is 4.79 Å². The molecule has 0 heterocycles. The van der Waals surface area contributed by atoms with E-state index in [1.807, 2.05) is 13.0 Å². The van der Waals surface area contributed by atoms with E-state index >= 15 is 0 Å². The Morgan fingerprint density at radius 3 is 2.93 bits per heavy atom. The first kappa shape index (κ1) is 12.0. The van der Waals surface area contributed by atoms with Gasteiger partial charge in [-0.25, -0.2) is 0 Å². The molecule has 2 atom stereocenters. The van der Waals surface area contributed by atoms with E-state index in [1.54, 1.807) is 0 Å². The third-order valence-corrected chi connectivity index (χ3v) is 3.83. The van der Waals surface area contributed by atoms with Crippen molar-refractivity contribution >= 4 is 5.78 Å². The Balaban J connectivity index is 2.79. The molecular weight excluding hydrogens is 184 g/mol. The fourth-order valence-corrected chi connectivity index (χ4v) is 2.19. The molecule has 1 saturated carbocycles. The van der Waals surface area contributed by atoms with Gasteiger partial charge in [0.15, 0.2) is 0 Å². The van der Waals surface area contributed by atoms with Gasteiger partial charge in [0.05, 0.1) is 0 Å². The average Bonchev–Trinajstić information content (AvgIpc) is 2.23. The minimum absolute atomic E-state index is 0.184. The van der Waals surface area contributed by atoms with Crippen LogP contribution in [-0.4, -0.2) is 5.78 Å². The molecule has 82 valence electrons. The van der Waals surface area contributed by atoms with E-state index in [1.165, 1.54) is 0 Å². The maximum Gasteiger partial charge on any atom is 0.139 e. The fourth-order valence-electron chi connectivity index (χ4n) is 2.19. The van der Waals surface area contributed by atoms with Crippen molar-refractivity contribution in [2.24, 2.45) is 11.3 Å². The van der Waals surface area contributed by atoms with Gasteiger partial charge in [-0.3, -0.25) is 4.79 Å². The molecule has 0 unspecified atom stereocenters. The molecule has 0 aliphatic heterocycles. The number of terminal acetylenes is 1. The molecule has 1 heteroatoms. The number of carbonyl (C=O) groups excluding carboxylic acids is 1. The summed E-state index contributed by atoms with van der Waals surface area (Å²) in [5.74, 6) is 3.48. The number of rotatable bonds is 2. The van der Waals surface area contributed by atoms with Crippen LogP contribution in [0.3, 0.4) is 0 Å². The first-order valence-electron chi connectivity index (χ1n) is 5.67. The van der Waals surface area contributed by atoms with E-state index in [-0.39, 0.29) is 5.41 Å². The zero-order valence-electron chi connectivity index (χ0n) is 9.97. The summed E-state index contributed by atoms with van der Waals surface area (Å²) in [6.45, 7) is 6.18. The minimum atomic E-state index is -0.184. The average molecular weight is 204 g/mol. The number of Topliss-reactive ketones (excluding diaryl/α,β-unsaturated/α-hetero) is 1. The van der Waals surface area contributed by atoms with Gasteiger partial charge < -0.3 is 0 Å². The maximum atomic E-state index is 11.9. The highest BCUT2D eigenvalue weighted by atomic mass is 16.1. The molecule has 1 aliphatic carbocycles. The van der Waals surface area contributed by atoms with Crippen molar-refractivity contribution in [2.75, 3.05) is 0 Å². The van der Waals surface area contributed by atoms with Crippen LogP contribution in [0.25, 0.3) is 0 Å². The quantitative estimate of drug-likeness (QED) is 0.630. The standard InChI is InChI=1S/C14H20O/c1-5-11(2)9-10-14(4)12(3)7-6-8-13(14)15/h1,9,12H,6-8,10H2,2-4H3/b11-9-/t12-,14-/m1/s1. The summed E-state index contributed by atoms with van der Waals surface area (Å²) < 4.78 is 0. The highest BCUT2D eigenvalue weighted by Crippen LogP contribution is 2.41. The number of hydrogen-bond donors (Lipinski definition) is 0. The molecule has 0 aromatic rings. The molecule has 0 N–H and O–H groups in total. The first-order chi connectivity index (χ1) is 7.00. The molecule has 1 aliphatic rings. The summed E-state index contributed by atoms with van der Waals surface area (Å²) in [7, 11) is 0. The van der Waals surface area contributed by atoms with Crippen LogP contribution in [0.1, 0.15) is 46.5 Å². The molecule has 0 radical (unpaired) electrons. The largest absolute Gasteiger partial charge is 0.299 e. The zero-order valence-corrected chi connectivity index (χ0v) is 9.97. The van der Waals surface area contributed by atoms with Gasteiger partial charge in [0.1, 0.15) is 5.78 Å². The summed E-state index contributed by atoms with van der Waals surface area (Å²) in [6, 6.07) is 0. The maximum absolute atomic E-state index is 11.9. The van der Waals surface area contributed by atoms with E-state index < -0.39 is 0 Å². The Morgan fingerprint density at radius 2 is 2.40 bits per heavy atom. The van der Waals surface area contributed by atoms with Crippen molar-refractivity contribution < 1.29 is 4.79 Å². The summed E-state index contributed by atoms with van der Waals surface area (Å²) in [4.78, 5) is 11.9. The first-order valence-corrected chi connectivity index (χ1v) is 5.67. The van der Waals surface area contributed by atoms with Crippen LogP contribution >= 0.6 is 0 Å². The normalized spacial score (nSPS) is 32.5. The van der Waals surface area contributed by atoms with Crippen molar-refractivity contribution in [3.63, 3.8) is 0 Å². The van der Waals surface area contributed by atoms with Crippen LogP contribution in [0.5, 0.6) is 0 Å². The number of allylic oxidation sites excluding steroid dienone is 2. The minimum Gasteiger partial charge on any atom is -0.299 e. The Kier molecular flexibility index (Phi) is 3.74. The lowest BCUT2D eigenvalue weighted by Crippen LogP contribution is -2.37. The second-order valence-corrected chi connectivity index (χ2v) is 4.87. The van der Waals surface area contributed by atoms with Gasteiger partial charge in [0.25, 0.3) is 0 Å². The van der Waals surface area contributed by atoms with E-state index in [0.29, 0.717) is 11.7 Å². The van der Waals surface area contributed by atoms with Gasteiger partial charge >= 0.3 is 0 Å². The number of carbonyl (C=O) groups is 1. The molecule has 0 bridgehead atoms. The third kappa shape index (κ3) is 2.50. The van der Waals surface area contributed by atoms with Crippen LogP contribution in [0.4, 0.5) is 0 Å². The Labute approximate surface area is 92.9 Å². The summed E-state index contributed by atoms with van der Waals surface area (Å²) in [6.07, 6.45) is 11.1. The summed E-state index contributed by atoms with van der Waals surface area (Å²) in [5, 5.41) is 0. The van der Waals surface area contributed by atoms with Crippen molar-refractivity contribution in [2.45, 2.75) is 46.5 Å². The molecule has 15 heavy (non-hydrogen) atoms. The topological polar surface area (TPSA) is 17.1 Å². The SMILES string of the molecule is C#C/C(C)=C\C[C@@]1(C)C(=O)CCC[C@H]1C. The molecule has 1 nitrogen and oxygen atoms in total. The van der Waals surface area contributed by atoms with Gasteiger partial charge in [-0.2, -0.15) is 0 Å². The molecule has 0 aromatic heterocycles. The Bertz CT molecular complexity index is 319. The van der Waals surface area contributed by atoms with E-state index in [4.69, 9.17) is 6.42 Å². The predicted octanol–water partition coefficient (Wildman–Crippen LogP) is 3.35. The van der Waals surface area contributed by atoms with Crippen molar-refractivity contribution in [1.29, 1.82) is 0 Å². The van der Waals surface area contributed by atoms with Crippen molar-refractivity contribution in [1.82, 2.24) is 0 Å². The molecule has 0 spiro atoms. The van der Waals surface area contributed by atoms with Gasteiger partial charge in [-0.15, -0.1) is 6.42 Å². The lowest BCUT2D eigenvalue weighted by atomic mass is 9.65. The van der Waals surface area contributed by atoms with Gasteiger partial charge in [-0.05, 0) is 37.7 Å². The van der Waals surface area contributed by atoms with Crippen molar-refractivity contribution in [3.05, 3.63) is 11.6 Å². The van der Waals surface area contributed by atoms with E-state index in [9.17, 15) is 4.79 Å². The summed E-state index contributed by atoms with van der Waals surface area (Å²) >= 11 is 0. The van der Waals surface area contributed by atoms with Crippen LogP contribution in [0, 0.1) is 23.7 Å². The zero-order chi connectivity index (χ0) is 11.5. The van der Waals surface area contributed by atoms with Crippen LogP contribution in [0.2, 0.25) is 0 Å². The lowest BCUT2D eigenvalue weighted by Gasteiger charge is -2.37. The second-order valence-electron chi connectivity index (χ2n) is 4.87. The number of ketones is 1. The molecular formula is C14H20O. The Morgan fingerprint density at radius 1 is 1.73 bits per heavy atom. The number of hydrogen-bond acceptors (Lipinski definition) is 1. The van der Waals surface area contributed by atoms with Gasteiger partial charge in [-0.1, -0.05) is 25.8 Å². The van der Waals surface area contributed by atoms with E-state index in [2.05, 4.69) is 19.8 Å². The molecule has 1 fully saturated rings. The van der Waals surface area contributed by atoms with Gasteiger partial charge in [0.2, 0.25) is 0 Å². The highest BCUT2D eigenvalue weighted by Gasteiger charge is 2.39. The smallest absolute Gasteiger partial charge is 0.139 e. The van der Waals surface area contributed by atoms with Crippen LogP contribution in [0.15, 0.2) is 11.6 Å².